The highest BCUT2D eigenvalue weighted by molar-refractivity contribution is 6.29. The Morgan fingerprint density at radius 2 is 2.25 bits per heavy atom. The van der Waals surface area contributed by atoms with Crippen LogP contribution in [-0.2, 0) is 11.3 Å². The number of ether oxygens (including phenoxy) is 1. The van der Waals surface area contributed by atoms with E-state index in [2.05, 4.69) is 14.9 Å². The summed E-state index contributed by atoms with van der Waals surface area (Å²) < 4.78 is 5.34. The molecule has 0 aliphatic carbocycles. The second-order valence-corrected chi connectivity index (χ2v) is 5.37. The van der Waals surface area contributed by atoms with Crippen LogP contribution in [0.4, 0.5) is 5.82 Å². The van der Waals surface area contributed by atoms with Crippen LogP contribution in [0.1, 0.15) is 38.4 Å². The molecule has 1 unspecified atom stereocenters. The third-order valence-corrected chi connectivity index (χ3v) is 3.74. The van der Waals surface area contributed by atoms with E-state index in [-0.39, 0.29) is 12.6 Å². The van der Waals surface area contributed by atoms with Crippen LogP contribution in [0.2, 0.25) is 5.15 Å². The lowest BCUT2D eigenvalue weighted by Crippen LogP contribution is -2.38. The minimum absolute atomic E-state index is 0.114. The molecule has 1 aromatic rings. The molecule has 1 aromatic heterocycles. The lowest BCUT2D eigenvalue weighted by Gasteiger charge is -2.30. The van der Waals surface area contributed by atoms with Gasteiger partial charge in [0.2, 0.25) is 0 Å². The van der Waals surface area contributed by atoms with Gasteiger partial charge in [-0.25, -0.2) is 9.97 Å². The molecule has 1 N–H and O–H groups in total. The van der Waals surface area contributed by atoms with Gasteiger partial charge in [-0.2, -0.15) is 0 Å². The molecule has 1 atom stereocenters. The number of hydrogen-bond donors (Lipinski definition) is 1. The zero-order valence-electron chi connectivity index (χ0n) is 11.9. The fourth-order valence-corrected chi connectivity index (χ4v) is 2.72. The molecule has 2 heterocycles. The minimum Gasteiger partial charge on any atom is -0.394 e. The molecule has 20 heavy (non-hydrogen) atoms. The van der Waals surface area contributed by atoms with Crippen molar-refractivity contribution >= 4 is 17.4 Å². The van der Waals surface area contributed by atoms with Gasteiger partial charge in [0.15, 0.2) is 5.82 Å². The van der Waals surface area contributed by atoms with E-state index in [0.29, 0.717) is 24.2 Å². The maximum atomic E-state index is 9.59. The minimum atomic E-state index is 0.114. The van der Waals surface area contributed by atoms with Crippen molar-refractivity contribution in [3.8, 4) is 0 Å². The maximum absolute atomic E-state index is 9.59. The van der Waals surface area contributed by atoms with Gasteiger partial charge >= 0.3 is 0 Å². The quantitative estimate of drug-likeness (QED) is 0.846. The summed E-state index contributed by atoms with van der Waals surface area (Å²) in [7, 11) is 0. The Balaban J connectivity index is 2.22. The van der Waals surface area contributed by atoms with Gasteiger partial charge in [-0.1, -0.05) is 24.4 Å². The fourth-order valence-electron chi connectivity index (χ4n) is 2.53. The summed E-state index contributed by atoms with van der Waals surface area (Å²) in [5.74, 6) is 1.39. The standard InChI is InChI=1S/C14H22ClN3O2/c1-2-20-10-13-16-12(15)8-14(17-13)18-7-5-3-4-6-11(18)9-19/h8,11,19H,2-7,9-10H2,1H3. The summed E-state index contributed by atoms with van der Waals surface area (Å²) in [6.07, 6.45) is 4.43. The van der Waals surface area contributed by atoms with Crippen LogP contribution in [0.25, 0.3) is 0 Å². The van der Waals surface area contributed by atoms with Gasteiger partial charge < -0.3 is 14.7 Å². The van der Waals surface area contributed by atoms with E-state index in [1.165, 1.54) is 6.42 Å². The number of aliphatic hydroxyl groups is 1. The summed E-state index contributed by atoms with van der Waals surface area (Å²) in [6.45, 7) is 3.95. The molecule has 2 rings (SSSR count). The zero-order chi connectivity index (χ0) is 14.4. The van der Waals surface area contributed by atoms with E-state index in [4.69, 9.17) is 16.3 Å². The zero-order valence-corrected chi connectivity index (χ0v) is 12.6. The summed E-state index contributed by atoms with van der Waals surface area (Å²) in [5.41, 5.74) is 0. The van der Waals surface area contributed by atoms with Crippen molar-refractivity contribution in [2.45, 2.75) is 45.3 Å². The summed E-state index contributed by atoms with van der Waals surface area (Å²) in [5, 5.41) is 10.0. The monoisotopic (exact) mass is 299 g/mol. The maximum Gasteiger partial charge on any atom is 0.158 e. The number of anilines is 1. The summed E-state index contributed by atoms with van der Waals surface area (Å²) in [6, 6.07) is 1.88. The van der Waals surface area contributed by atoms with Gasteiger partial charge in [-0.05, 0) is 19.8 Å². The Morgan fingerprint density at radius 3 is 3.00 bits per heavy atom. The second-order valence-electron chi connectivity index (χ2n) is 4.98. The number of hydrogen-bond acceptors (Lipinski definition) is 5. The first-order valence-corrected chi connectivity index (χ1v) is 7.61. The highest BCUT2D eigenvalue weighted by atomic mass is 35.5. The molecule has 6 heteroatoms. The first-order valence-electron chi connectivity index (χ1n) is 7.23. The predicted octanol–water partition coefficient (Wildman–Crippen LogP) is 2.41. The topological polar surface area (TPSA) is 58.5 Å². The van der Waals surface area contributed by atoms with E-state index in [9.17, 15) is 5.11 Å². The third-order valence-electron chi connectivity index (χ3n) is 3.55. The molecule has 0 bridgehead atoms. The number of halogens is 1. The van der Waals surface area contributed by atoms with Gasteiger partial charge in [0.1, 0.15) is 17.6 Å². The van der Waals surface area contributed by atoms with Crippen molar-refractivity contribution in [1.82, 2.24) is 9.97 Å². The van der Waals surface area contributed by atoms with Gasteiger partial charge in [0, 0.05) is 19.2 Å². The van der Waals surface area contributed by atoms with E-state index < -0.39 is 0 Å². The Bertz CT molecular complexity index is 431. The Hall–Kier alpha value is -0.910. The molecule has 0 aromatic carbocycles. The van der Waals surface area contributed by atoms with Crippen molar-refractivity contribution in [2.75, 3.05) is 24.7 Å². The Labute approximate surface area is 124 Å². The number of nitrogens with zero attached hydrogens (tertiary/aromatic N) is 3. The largest absolute Gasteiger partial charge is 0.394 e. The van der Waals surface area contributed by atoms with Crippen molar-refractivity contribution in [3.05, 3.63) is 17.0 Å². The molecule has 0 saturated carbocycles. The molecule has 1 aliphatic heterocycles. The van der Waals surface area contributed by atoms with E-state index in [0.717, 1.165) is 31.6 Å². The van der Waals surface area contributed by atoms with Gasteiger partial charge in [0.25, 0.3) is 0 Å². The van der Waals surface area contributed by atoms with Crippen LogP contribution >= 0.6 is 11.6 Å². The Morgan fingerprint density at radius 1 is 1.40 bits per heavy atom. The molecule has 0 spiro atoms. The van der Waals surface area contributed by atoms with Crippen LogP contribution < -0.4 is 4.90 Å². The van der Waals surface area contributed by atoms with Crippen molar-refractivity contribution < 1.29 is 9.84 Å². The Kier molecular flexibility index (Phi) is 6.01. The molecule has 112 valence electrons. The highest BCUT2D eigenvalue weighted by Gasteiger charge is 2.22. The van der Waals surface area contributed by atoms with Gasteiger partial charge in [-0.3, -0.25) is 0 Å². The fraction of sp³-hybridized carbons (Fsp3) is 0.714. The van der Waals surface area contributed by atoms with Gasteiger partial charge in [-0.15, -0.1) is 0 Å². The molecule has 0 amide bonds. The number of rotatable bonds is 5. The van der Waals surface area contributed by atoms with Crippen LogP contribution in [0.15, 0.2) is 6.07 Å². The molecule has 5 nitrogen and oxygen atoms in total. The lowest BCUT2D eigenvalue weighted by molar-refractivity contribution is 0.128. The van der Waals surface area contributed by atoms with Gasteiger partial charge in [0.05, 0.1) is 12.6 Å². The first kappa shape index (κ1) is 15.5. The lowest BCUT2D eigenvalue weighted by atomic mass is 10.1. The van der Waals surface area contributed by atoms with Crippen molar-refractivity contribution in [3.63, 3.8) is 0 Å². The molecule has 0 radical (unpaired) electrons. The van der Waals surface area contributed by atoms with Crippen molar-refractivity contribution in [2.24, 2.45) is 0 Å². The first-order chi connectivity index (χ1) is 9.74. The third kappa shape index (κ3) is 4.04. The van der Waals surface area contributed by atoms with Crippen LogP contribution in [0, 0.1) is 0 Å². The molecular formula is C14H22ClN3O2. The summed E-state index contributed by atoms with van der Waals surface area (Å²) >= 11 is 6.08. The molecule has 1 saturated heterocycles. The van der Waals surface area contributed by atoms with Crippen LogP contribution in [0.3, 0.4) is 0 Å². The molecule has 1 aliphatic rings. The smallest absolute Gasteiger partial charge is 0.158 e. The van der Waals surface area contributed by atoms with Crippen LogP contribution in [-0.4, -0.2) is 40.9 Å². The van der Waals surface area contributed by atoms with E-state index in [1.807, 2.05) is 6.92 Å². The average molecular weight is 300 g/mol. The molecule has 1 fully saturated rings. The molecular weight excluding hydrogens is 278 g/mol. The second kappa shape index (κ2) is 7.76. The predicted molar refractivity (Wildman–Crippen MR) is 79.1 cm³/mol. The number of aromatic nitrogens is 2. The normalized spacial score (nSPS) is 19.9. The van der Waals surface area contributed by atoms with E-state index >= 15 is 0 Å². The number of aliphatic hydroxyl groups excluding tert-OH is 1. The average Bonchev–Trinajstić information content (AvgIpc) is 2.69. The van der Waals surface area contributed by atoms with Crippen LogP contribution in [0.5, 0.6) is 0 Å². The van der Waals surface area contributed by atoms with E-state index in [1.54, 1.807) is 6.07 Å². The SMILES string of the molecule is CCOCc1nc(Cl)cc(N2CCCCCC2CO)n1. The van der Waals surface area contributed by atoms with Crippen molar-refractivity contribution in [1.29, 1.82) is 0 Å². The summed E-state index contributed by atoms with van der Waals surface area (Å²) in [4.78, 5) is 10.9. The highest BCUT2D eigenvalue weighted by Crippen LogP contribution is 2.24.